The van der Waals surface area contributed by atoms with E-state index in [-0.39, 0.29) is 11.4 Å². The molecule has 0 aromatic rings. The summed E-state index contributed by atoms with van der Waals surface area (Å²) in [5.74, 6) is -0.0191. The number of hydrogen-bond donors (Lipinski definition) is 2. The molecule has 2 atom stereocenters. The van der Waals surface area contributed by atoms with E-state index in [0.29, 0.717) is 12.6 Å². The molecule has 2 fully saturated rings. The number of rotatable bonds is 2. The zero-order valence-corrected chi connectivity index (χ0v) is 9.34. The second-order valence-electron chi connectivity index (χ2n) is 4.45. The molecule has 2 heterocycles. The summed E-state index contributed by atoms with van der Waals surface area (Å²) < 4.78 is 5.22. The molecule has 0 bridgehead atoms. The highest BCUT2D eigenvalue weighted by atomic mass is 16.5. The van der Waals surface area contributed by atoms with Crippen LogP contribution in [0.2, 0.25) is 0 Å². The van der Waals surface area contributed by atoms with Crippen molar-refractivity contribution in [1.82, 2.24) is 10.6 Å². The highest BCUT2D eigenvalue weighted by Crippen LogP contribution is 2.35. The molecular formula is C11H20N2O2. The third-order valence-corrected chi connectivity index (χ3v) is 3.59. The molecule has 2 saturated heterocycles. The molecule has 2 aliphatic rings. The topological polar surface area (TPSA) is 50.4 Å². The summed E-state index contributed by atoms with van der Waals surface area (Å²) in [4.78, 5) is 12.1. The normalized spacial score (nSPS) is 35.7. The number of carbonyl (C=O) groups excluding carboxylic acids is 1. The molecule has 86 valence electrons. The van der Waals surface area contributed by atoms with Gasteiger partial charge >= 0.3 is 5.97 Å². The lowest BCUT2D eigenvalue weighted by Gasteiger charge is -2.45. The molecule has 0 unspecified atom stereocenters. The minimum atomic E-state index is -0.299. The zero-order chi connectivity index (χ0) is 10.7. The standard InChI is InChI=1S/C11H20N2O2/c1-2-15-10(14)11-5-3-6-13-9(11)4-7-12-8-11/h9,12-13H,2-8H2,1H3/t9-,11+/m0/s1. The van der Waals surface area contributed by atoms with Gasteiger partial charge in [-0.05, 0) is 39.3 Å². The first-order valence-corrected chi connectivity index (χ1v) is 5.91. The highest BCUT2D eigenvalue weighted by Gasteiger charge is 2.49. The first kappa shape index (κ1) is 10.9. The van der Waals surface area contributed by atoms with Crippen molar-refractivity contribution < 1.29 is 9.53 Å². The van der Waals surface area contributed by atoms with Gasteiger partial charge in [-0.25, -0.2) is 0 Å². The van der Waals surface area contributed by atoms with Crippen LogP contribution >= 0.6 is 0 Å². The maximum absolute atomic E-state index is 12.1. The maximum Gasteiger partial charge on any atom is 0.314 e. The molecule has 15 heavy (non-hydrogen) atoms. The Bertz CT molecular complexity index is 231. The molecule has 0 aromatic heterocycles. The van der Waals surface area contributed by atoms with Crippen LogP contribution in [-0.4, -0.2) is 38.3 Å². The van der Waals surface area contributed by atoms with Crippen molar-refractivity contribution in [3.05, 3.63) is 0 Å². The van der Waals surface area contributed by atoms with E-state index in [1.165, 1.54) is 0 Å². The molecule has 2 rings (SSSR count). The Morgan fingerprint density at radius 3 is 3.20 bits per heavy atom. The molecule has 0 aromatic carbocycles. The summed E-state index contributed by atoms with van der Waals surface area (Å²) in [6.45, 7) is 5.15. The Morgan fingerprint density at radius 1 is 1.53 bits per heavy atom. The minimum absolute atomic E-state index is 0.0191. The van der Waals surface area contributed by atoms with Gasteiger partial charge in [-0.15, -0.1) is 0 Å². The summed E-state index contributed by atoms with van der Waals surface area (Å²) in [5.41, 5.74) is -0.299. The molecule has 0 saturated carbocycles. The number of ether oxygens (including phenoxy) is 1. The zero-order valence-electron chi connectivity index (χ0n) is 9.34. The van der Waals surface area contributed by atoms with Gasteiger partial charge in [0.15, 0.2) is 0 Å². The van der Waals surface area contributed by atoms with Gasteiger partial charge in [0, 0.05) is 12.6 Å². The molecule has 0 aliphatic carbocycles. The second kappa shape index (κ2) is 4.49. The fourth-order valence-electron chi connectivity index (χ4n) is 2.79. The summed E-state index contributed by atoms with van der Waals surface area (Å²) in [6.07, 6.45) is 3.05. The average molecular weight is 212 g/mol. The lowest BCUT2D eigenvalue weighted by atomic mass is 9.71. The van der Waals surface area contributed by atoms with Crippen LogP contribution in [0, 0.1) is 5.41 Å². The van der Waals surface area contributed by atoms with Crippen molar-refractivity contribution in [2.45, 2.75) is 32.2 Å². The van der Waals surface area contributed by atoms with Crippen molar-refractivity contribution in [3.8, 4) is 0 Å². The minimum Gasteiger partial charge on any atom is -0.465 e. The lowest BCUT2D eigenvalue weighted by Crippen LogP contribution is -2.62. The summed E-state index contributed by atoms with van der Waals surface area (Å²) >= 11 is 0. The van der Waals surface area contributed by atoms with Crippen LogP contribution in [0.25, 0.3) is 0 Å². The fourth-order valence-corrected chi connectivity index (χ4v) is 2.79. The summed E-state index contributed by atoms with van der Waals surface area (Å²) in [5, 5.41) is 6.78. The molecule has 0 spiro atoms. The smallest absolute Gasteiger partial charge is 0.314 e. The first-order chi connectivity index (χ1) is 7.29. The van der Waals surface area contributed by atoms with Crippen LogP contribution in [0.4, 0.5) is 0 Å². The largest absolute Gasteiger partial charge is 0.465 e. The van der Waals surface area contributed by atoms with Crippen LogP contribution < -0.4 is 10.6 Å². The van der Waals surface area contributed by atoms with Gasteiger partial charge in [-0.1, -0.05) is 0 Å². The van der Waals surface area contributed by atoms with Gasteiger partial charge in [-0.3, -0.25) is 4.79 Å². The van der Waals surface area contributed by atoms with E-state index >= 15 is 0 Å². The number of esters is 1. The number of nitrogens with one attached hydrogen (secondary N) is 2. The first-order valence-electron chi connectivity index (χ1n) is 5.91. The summed E-state index contributed by atoms with van der Waals surface area (Å²) in [6, 6.07) is 0.312. The number of piperidine rings is 2. The number of carbonyl (C=O) groups is 1. The monoisotopic (exact) mass is 212 g/mol. The predicted molar refractivity (Wildman–Crippen MR) is 57.6 cm³/mol. The third-order valence-electron chi connectivity index (χ3n) is 3.59. The number of fused-ring (bicyclic) bond motifs is 1. The lowest BCUT2D eigenvalue weighted by molar-refractivity contribution is -0.160. The van der Waals surface area contributed by atoms with Crippen molar-refractivity contribution in [2.24, 2.45) is 5.41 Å². The van der Waals surface area contributed by atoms with Gasteiger partial charge in [-0.2, -0.15) is 0 Å². The molecule has 4 heteroatoms. The molecule has 0 radical (unpaired) electrons. The Labute approximate surface area is 90.8 Å². The fraction of sp³-hybridized carbons (Fsp3) is 0.909. The van der Waals surface area contributed by atoms with E-state index in [4.69, 9.17) is 4.74 Å². The van der Waals surface area contributed by atoms with E-state index in [2.05, 4.69) is 10.6 Å². The average Bonchev–Trinajstić information content (AvgIpc) is 2.29. The van der Waals surface area contributed by atoms with Gasteiger partial charge in [0.25, 0.3) is 0 Å². The molecule has 0 amide bonds. The van der Waals surface area contributed by atoms with E-state index in [1.54, 1.807) is 0 Å². The SMILES string of the molecule is CCOC(=O)[C@@]12CCCN[C@H]1CCNC2. The van der Waals surface area contributed by atoms with Crippen molar-refractivity contribution in [3.63, 3.8) is 0 Å². The van der Waals surface area contributed by atoms with E-state index in [1.807, 2.05) is 6.92 Å². The maximum atomic E-state index is 12.1. The predicted octanol–water partition coefficient (Wildman–Crippen LogP) is 0.281. The van der Waals surface area contributed by atoms with E-state index in [9.17, 15) is 4.79 Å². The molecule has 4 nitrogen and oxygen atoms in total. The van der Waals surface area contributed by atoms with Crippen molar-refractivity contribution in [1.29, 1.82) is 0 Å². The third kappa shape index (κ3) is 1.88. The highest BCUT2D eigenvalue weighted by molar-refractivity contribution is 5.78. The molecule has 2 N–H and O–H groups in total. The summed E-state index contributed by atoms with van der Waals surface area (Å²) in [7, 11) is 0. The molecule has 2 aliphatic heterocycles. The number of hydrogen-bond acceptors (Lipinski definition) is 4. The van der Waals surface area contributed by atoms with E-state index in [0.717, 1.165) is 38.9 Å². The van der Waals surface area contributed by atoms with Crippen molar-refractivity contribution in [2.75, 3.05) is 26.2 Å². The van der Waals surface area contributed by atoms with E-state index < -0.39 is 0 Å². The van der Waals surface area contributed by atoms with Crippen LogP contribution in [0.5, 0.6) is 0 Å². The van der Waals surface area contributed by atoms with Crippen molar-refractivity contribution >= 4 is 5.97 Å². The second-order valence-corrected chi connectivity index (χ2v) is 4.45. The van der Waals surface area contributed by atoms with Gasteiger partial charge in [0.1, 0.15) is 0 Å². The van der Waals surface area contributed by atoms with Crippen LogP contribution in [0.3, 0.4) is 0 Å². The van der Waals surface area contributed by atoms with Gasteiger partial charge < -0.3 is 15.4 Å². The van der Waals surface area contributed by atoms with Crippen LogP contribution in [0.15, 0.2) is 0 Å². The Kier molecular flexibility index (Phi) is 3.26. The van der Waals surface area contributed by atoms with Gasteiger partial charge in [0.2, 0.25) is 0 Å². The van der Waals surface area contributed by atoms with Crippen LogP contribution in [0.1, 0.15) is 26.2 Å². The quantitative estimate of drug-likeness (QED) is 0.646. The Morgan fingerprint density at radius 2 is 2.40 bits per heavy atom. The van der Waals surface area contributed by atoms with Crippen LogP contribution in [-0.2, 0) is 9.53 Å². The Balaban J connectivity index is 2.14. The Hall–Kier alpha value is -0.610. The van der Waals surface area contributed by atoms with Gasteiger partial charge in [0.05, 0.1) is 12.0 Å². The molecular weight excluding hydrogens is 192 g/mol.